The molecule has 0 bridgehead atoms. The molecule has 0 heterocycles. The number of hydrogen-bond acceptors (Lipinski definition) is 0. The fourth-order valence-electron chi connectivity index (χ4n) is 1.95. The van der Waals surface area contributed by atoms with Crippen molar-refractivity contribution in [3.63, 3.8) is 0 Å². The first-order chi connectivity index (χ1) is 5.43. The first-order valence-electron chi connectivity index (χ1n) is 5.06. The smallest absolute Gasteiger partial charge is 0.0234 e. The predicted molar refractivity (Wildman–Crippen MR) is 50.6 cm³/mol. The van der Waals surface area contributed by atoms with Crippen LogP contribution in [0.2, 0.25) is 0 Å². The highest BCUT2D eigenvalue weighted by atomic mass is 14.1. The van der Waals surface area contributed by atoms with Gasteiger partial charge in [0.2, 0.25) is 0 Å². The molecule has 0 atom stereocenters. The van der Waals surface area contributed by atoms with Gasteiger partial charge in [-0.25, -0.2) is 0 Å². The first-order valence-corrected chi connectivity index (χ1v) is 5.06. The normalized spacial score (nSPS) is 23.4. The summed E-state index contributed by atoms with van der Waals surface area (Å²) in [5.74, 6) is 0.903. The van der Waals surface area contributed by atoms with E-state index in [4.69, 9.17) is 0 Å². The molecule has 1 aliphatic carbocycles. The van der Waals surface area contributed by atoms with Crippen molar-refractivity contribution in [2.45, 2.75) is 51.9 Å². The lowest BCUT2D eigenvalue weighted by molar-refractivity contribution is 0.435. The van der Waals surface area contributed by atoms with Crippen LogP contribution in [0.4, 0.5) is 0 Å². The molecule has 1 aliphatic rings. The van der Waals surface area contributed by atoms with Crippen LogP contribution < -0.4 is 0 Å². The maximum absolute atomic E-state index is 2.39. The minimum atomic E-state index is 0.903. The largest absolute Gasteiger partial charge is 0.0914 e. The molecule has 11 heavy (non-hydrogen) atoms. The van der Waals surface area contributed by atoms with Gasteiger partial charge in [0.15, 0.2) is 0 Å². The van der Waals surface area contributed by atoms with E-state index in [1.165, 1.54) is 44.9 Å². The molecule has 1 saturated carbocycles. The van der Waals surface area contributed by atoms with Crippen LogP contribution in [0.25, 0.3) is 0 Å². The summed E-state index contributed by atoms with van der Waals surface area (Å²) in [7, 11) is 0. The van der Waals surface area contributed by atoms with E-state index >= 15 is 0 Å². The van der Waals surface area contributed by atoms with Crippen molar-refractivity contribution in [2.75, 3.05) is 0 Å². The summed E-state index contributed by atoms with van der Waals surface area (Å²) in [6.07, 6.45) is 14.8. The van der Waals surface area contributed by atoms with Crippen LogP contribution in [0.5, 0.6) is 0 Å². The minimum Gasteiger partial charge on any atom is -0.0914 e. The van der Waals surface area contributed by atoms with E-state index in [0.29, 0.717) is 0 Å². The summed E-state index contributed by atoms with van der Waals surface area (Å²) >= 11 is 0. The second-order valence-electron chi connectivity index (χ2n) is 3.63. The molecule has 0 saturated heterocycles. The van der Waals surface area contributed by atoms with Crippen LogP contribution in [-0.2, 0) is 0 Å². The van der Waals surface area contributed by atoms with Crippen molar-refractivity contribution in [1.82, 2.24) is 0 Å². The second kappa shape index (κ2) is 5.40. The summed E-state index contributed by atoms with van der Waals surface area (Å²) < 4.78 is 0. The lowest BCUT2D eigenvalue weighted by atomic mass is 9.91. The third-order valence-corrected chi connectivity index (χ3v) is 2.61. The molecule has 0 aliphatic heterocycles. The van der Waals surface area contributed by atoms with Crippen LogP contribution in [0.3, 0.4) is 0 Å². The zero-order valence-corrected chi connectivity index (χ0v) is 7.68. The Hall–Kier alpha value is -0.260. The van der Waals surface area contributed by atoms with Crippen LogP contribution in [0.15, 0.2) is 12.2 Å². The van der Waals surface area contributed by atoms with Gasteiger partial charge in [0.1, 0.15) is 0 Å². The Kier molecular flexibility index (Phi) is 4.33. The van der Waals surface area contributed by atoms with Crippen molar-refractivity contribution < 1.29 is 0 Å². The number of allylic oxidation sites excluding steroid dienone is 2. The molecule has 0 nitrogen and oxygen atoms in total. The van der Waals surface area contributed by atoms with Crippen molar-refractivity contribution in [3.8, 4) is 0 Å². The topological polar surface area (TPSA) is 0 Å². The highest BCUT2D eigenvalue weighted by Gasteiger charge is 2.06. The molecule has 0 aromatic rings. The van der Waals surface area contributed by atoms with Crippen molar-refractivity contribution in [1.29, 1.82) is 0 Å². The molecule has 0 radical (unpaired) electrons. The van der Waals surface area contributed by atoms with Crippen LogP contribution >= 0.6 is 0 Å². The van der Waals surface area contributed by atoms with E-state index in [1.807, 2.05) is 0 Å². The van der Waals surface area contributed by atoms with E-state index in [9.17, 15) is 0 Å². The minimum absolute atomic E-state index is 0.903. The Balaban J connectivity index is 2.26. The van der Waals surface area contributed by atoms with E-state index in [1.54, 1.807) is 0 Å². The van der Waals surface area contributed by atoms with Gasteiger partial charge < -0.3 is 0 Å². The molecule has 0 aromatic carbocycles. The van der Waals surface area contributed by atoms with E-state index in [2.05, 4.69) is 19.1 Å². The molecule has 0 spiro atoms. The van der Waals surface area contributed by atoms with E-state index in [-0.39, 0.29) is 0 Å². The molecular weight excluding hydrogens is 132 g/mol. The fourth-order valence-corrected chi connectivity index (χ4v) is 1.95. The Morgan fingerprint density at radius 1 is 0.909 bits per heavy atom. The van der Waals surface area contributed by atoms with Gasteiger partial charge in [-0.15, -0.1) is 0 Å². The molecule has 1 rings (SSSR count). The quantitative estimate of drug-likeness (QED) is 0.499. The van der Waals surface area contributed by atoms with Crippen molar-refractivity contribution >= 4 is 0 Å². The summed E-state index contributed by atoms with van der Waals surface area (Å²) in [5.41, 5.74) is 0. The Morgan fingerprint density at radius 3 is 2.00 bits per heavy atom. The van der Waals surface area contributed by atoms with Gasteiger partial charge in [0.05, 0.1) is 0 Å². The van der Waals surface area contributed by atoms with Gasteiger partial charge in [-0.05, 0) is 25.7 Å². The van der Waals surface area contributed by atoms with Crippen molar-refractivity contribution in [3.05, 3.63) is 12.2 Å². The monoisotopic (exact) mass is 152 g/mol. The Labute approximate surface area is 70.7 Å². The Bertz CT molecular complexity index is 105. The lowest BCUT2D eigenvalue weighted by Crippen LogP contribution is -1.99. The SMILES string of the molecule is CC=CC1CCCCCCC1. The number of rotatable bonds is 1. The molecular formula is C11H20. The van der Waals surface area contributed by atoms with Crippen LogP contribution in [0, 0.1) is 5.92 Å². The number of hydrogen-bond donors (Lipinski definition) is 0. The van der Waals surface area contributed by atoms with Gasteiger partial charge in [-0.1, -0.05) is 44.3 Å². The Morgan fingerprint density at radius 2 is 1.45 bits per heavy atom. The summed E-state index contributed by atoms with van der Waals surface area (Å²) in [4.78, 5) is 0. The summed E-state index contributed by atoms with van der Waals surface area (Å²) in [6.45, 7) is 2.14. The molecule has 1 fully saturated rings. The lowest BCUT2D eigenvalue weighted by Gasteiger charge is -2.15. The molecule has 0 N–H and O–H groups in total. The predicted octanol–water partition coefficient (Wildman–Crippen LogP) is 3.92. The van der Waals surface area contributed by atoms with Crippen LogP contribution in [-0.4, -0.2) is 0 Å². The molecule has 0 amide bonds. The summed E-state index contributed by atoms with van der Waals surface area (Å²) in [6, 6.07) is 0. The van der Waals surface area contributed by atoms with E-state index in [0.717, 1.165) is 5.92 Å². The maximum Gasteiger partial charge on any atom is -0.0234 e. The third-order valence-electron chi connectivity index (χ3n) is 2.61. The zero-order valence-electron chi connectivity index (χ0n) is 7.68. The van der Waals surface area contributed by atoms with Gasteiger partial charge in [-0.2, -0.15) is 0 Å². The standard InChI is InChI=1S/C11H20/c1-2-8-11-9-6-4-3-5-7-10-11/h2,8,11H,3-7,9-10H2,1H3. The molecule has 64 valence electrons. The van der Waals surface area contributed by atoms with Crippen LogP contribution in [0.1, 0.15) is 51.9 Å². The molecule has 0 unspecified atom stereocenters. The fraction of sp³-hybridized carbons (Fsp3) is 0.818. The first kappa shape index (κ1) is 8.83. The second-order valence-corrected chi connectivity index (χ2v) is 3.63. The molecule has 0 aromatic heterocycles. The average molecular weight is 152 g/mol. The maximum atomic E-state index is 2.39. The third kappa shape index (κ3) is 3.60. The highest BCUT2D eigenvalue weighted by molar-refractivity contribution is 4.85. The highest BCUT2D eigenvalue weighted by Crippen LogP contribution is 2.22. The van der Waals surface area contributed by atoms with Gasteiger partial charge in [-0.3, -0.25) is 0 Å². The van der Waals surface area contributed by atoms with E-state index < -0.39 is 0 Å². The summed E-state index contributed by atoms with van der Waals surface area (Å²) in [5, 5.41) is 0. The molecule has 0 heteroatoms. The average Bonchev–Trinajstić information content (AvgIpc) is 1.94. The van der Waals surface area contributed by atoms with Gasteiger partial charge >= 0.3 is 0 Å². The van der Waals surface area contributed by atoms with Gasteiger partial charge in [0, 0.05) is 0 Å². The zero-order chi connectivity index (χ0) is 7.94. The van der Waals surface area contributed by atoms with Crippen molar-refractivity contribution in [2.24, 2.45) is 5.92 Å². The van der Waals surface area contributed by atoms with Gasteiger partial charge in [0.25, 0.3) is 0 Å².